The molecule has 0 saturated carbocycles. The first-order valence-electron chi connectivity index (χ1n) is 10.2. The number of methoxy groups -OCH3 is 1. The third-order valence-electron chi connectivity index (χ3n) is 5.14. The summed E-state index contributed by atoms with van der Waals surface area (Å²) in [6.45, 7) is 3.47. The minimum atomic E-state index is -0.173. The molecule has 6 heteroatoms. The van der Waals surface area contributed by atoms with E-state index >= 15 is 0 Å². The van der Waals surface area contributed by atoms with E-state index in [0.29, 0.717) is 31.0 Å². The van der Waals surface area contributed by atoms with Crippen molar-refractivity contribution in [3.63, 3.8) is 0 Å². The largest absolute Gasteiger partial charge is 0.497 e. The number of aromatic nitrogens is 2. The van der Waals surface area contributed by atoms with Crippen molar-refractivity contribution in [3.8, 4) is 11.5 Å². The summed E-state index contributed by atoms with van der Waals surface area (Å²) in [6, 6.07) is 23.0. The molecule has 1 aromatic heterocycles. The summed E-state index contributed by atoms with van der Waals surface area (Å²) in [4.78, 5) is 17.3. The van der Waals surface area contributed by atoms with Gasteiger partial charge in [0.05, 0.1) is 31.2 Å². The Bertz CT molecular complexity index is 1200. The van der Waals surface area contributed by atoms with Gasteiger partial charge in [-0.1, -0.05) is 36.4 Å². The van der Waals surface area contributed by atoms with Crippen LogP contribution in [-0.2, 0) is 13.1 Å². The quantitative estimate of drug-likeness (QED) is 0.464. The number of amides is 1. The number of nitrogens with zero attached hydrogens (tertiary/aromatic N) is 2. The molecule has 0 atom stereocenters. The highest BCUT2D eigenvalue weighted by molar-refractivity contribution is 5.94. The zero-order valence-corrected chi connectivity index (χ0v) is 17.7. The van der Waals surface area contributed by atoms with Crippen LogP contribution in [0.2, 0.25) is 0 Å². The number of carbonyl (C=O) groups is 1. The summed E-state index contributed by atoms with van der Waals surface area (Å²) in [5.41, 5.74) is 3.55. The first-order chi connectivity index (χ1) is 15.2. The van der Waals surface area contributed by atoms with E-state index in [1.165, 1.54) is 0 Å². The maximum Gasteiger partial charge on any atom is 0.251 e. The molecular weight excluding hydrogens is 390 g/mol. The molecule has 1 N–H and O–H groups in total. The fourth-order valence-corrected chi connectivity index (χ4v) is 3.50. The normalized spacial score (nSPS) is 10.8. The highest BCUT2D eigenvalue weighted by atomic mass is 16.5. The molecule has 31 heavy (non-hydrogen) atoms. The maximum atomic E-state index is 12.6. The Hall–Kier alpha value is -3.80. The molecule has 0 spiro atoms. The van der Waals surface area contributed by atoms with E-state index in [1.54, 1.807) is 25.3 Å². The van der Waals surface area contributed by atoms with Crippen molar-refractivity contribution < 1.29 is 14.3 Å². The van der Waals surface area contributed by atoms with Gasteiger partial charge in [0, 0.05) is 5.56 Å². The van der Waals surface area contributed by atoms with Crippen molar-refractivity contribution in [1.29, 1.82) is 0 Å². The van der Waals surface area contributed by atoms with Crippen molar-refractivity contribution >= 4 is 16.9 Å². The zero-order chi connectivity index (χ0) is 21.6. The molecule has 0 aliphatic heterocycles. The van der Waals surface area contributed by atoms with E-state index in [9.17, 15) is 4.79 Å². The van der Waals surface area contributed by atoms with Gasteiger partial charge < -0.3 is 19.4 Å². The van der Waals surface area contributed by atoms with E-state index < -0.39 is 0 Å². The number of para-hydroxylation sites is 3. The first kappa shape index (κ1) is 20.5. The zero-order valence-electron chi connectivity index (χ0n) is 17.7. The van der Waals surface area contributed by atoms with Crippen LogP contribution in [0, 0.1) is 6.92 Å². The third kappa shape index (κ3) is 4.69. The number of hydrogen-bond donors (Lipinski definition) is 1. The van der Waals surface area contributed by atoms with Gasteiger partial charge in [0.25, 0.3) is 5.91 Å². The second-order valence-corrected chi connectivity index (χ2v) is 7.20. The number of rotatable bonds is 8. The minimum absolute atomic E-state index is 0.173. The van der Waals surface area contributed by atoms with Crippen LogP contribution in [-0.4, -0.2) is 29.2 Å². The number of fused-ring (bicyclic) bond motifs is 1. The number of nitrogens with one attached hydrogen (secondary N) is 1. The van der Waals surface area contributed by atoms with Gasteiger partial charge in [-0.25, -0.2) is 4.98 Å². The van der Waals surface area contributed by atoms with Gasteiger partial charge >= 0.3 is 0 Å². The Labute approximate surface area is 181 Å². The minimum Gasteiger partial charge on any atom is -0.497 e. The highest BCUT2D eigenvalue weighted by Crippen LogP contribution is 2.19. The maximum absolute atomic E-state index is 12.6. The molecular formula is C25H25N3O3. The monoisotopic (exact) mass is 415 g/mol. The van der Waals surface area contributed by atoms with Crippen LogP contribution in [0.5, 0.6) is 11.5 Å². The molecule has 0 bridgehead atoms. The molecule has 1 heterocycles. The predicted molar refractivity (Wildman–Crippen MR) is 121 cm³/mol. The lowest BCUT2D eigenvalue weighted by molar-refractivity contribution is 0.0949. The fourth-order valence-electron chi connectivity index (χ4n) is 3.50. The fraction of sp³-hybridized carbons (Fsp3) is 0.200. The number of hydrogen-bond acceptors (Lipinski definition) is 4. The van der Waals surface area contributed by atoms with Gasteiger partial charge in [-0.15, -0.1) is 0 Å². The number of aryl methyl sites for hydroxylation is 1. The summed E-state index contributed by atoms with van der Waals surface area (Å²) < 4.78 is 13.3. The van der Waals surface area contributed by atoms with Crippen LogP contribution in [0.25, 0.3) is 11.0 Å². The van der Waals surface area contributed by atoms with Crippen LogP contribution in [0.15, 0.2) is 72.8 Å². The van der Waals surface area contributed by atoms with Crippen molar-refractivity contribution in [2.45, 2.75) is 20.0 Å². The summed E-state index contributed by atoms with van der Waals surface area (Å²) in [7, 11) is 1.58. The van der Waals surface area contributed by atoms with Gasteiger partial charge in [0.2, 0.25) is 0 Å². The molecule has 4 rings (SSSR count). The molecule has 6 nitrogen and oxygen atoms in total. The lowest BCUT2D eigenvalue weighted by Crippen LogP contribution is -2.25. The topological polar surface area (TPSA) is 65.4 Å². The Morgan fingerprint density at radius 1 is 1.03 bits per heavy atom. The second-order valence-electron chi connectivity index (χ2n) is 7.20. The number of carbonyl (C=O) groups excluding carboxylic acids is 1. The van der Waals surface area contributed by atoms with Crippen LogP contribution in [0.1, 0.15) is 21.7 Å². The van der Waals surface area contributed by atoms with Crippen LogP contribution in [0.3, 0.4) is 0 Å². The summed E-state index contributed by atoms with van der Waals surface area (Å²) >= 11 is 0. The second kappa shape index (κ2) is 9.34. The number of ether oxygens (including phenoxy) is 2. The highest BCUT2D eigenvalue weighted by Gasteiger charge is 2.13. The molecule has 158 valence electrons. The van der Waals surface area contributed by atoms with Crippen molar-refractivity contribution in [2.24, 2.45) is 0 Å². The van der Waals surface area contributed by atoms with Crippen LogP contribution in [0.4, 0.5) is 0 Å². The van der Waals surface area contributed by atoms with Crippen LogP contribution < -0.4 is 14.8 Å². The molecule has 1 amide bonds. The number of imidazole rings is 1. The lowest BCUT2D eigenvalue weighted by Gasteiger charge is -2.13. The molecule has 4 aromatic rings. The Morgan fingerprint density at radius 3 is 2.68 bits per heavy atom. The lowest BCUT2D eigenvalue weighted by atomic mass is 10.2. The Kier molecular flexibility index (Phi) is 6.17. The van der Waals surface area contributed by atoms with Gasteiger partial charge in [0.1, 0.15) is 23.9 Å². The van der Waals surface area contributed by atoms with E-state index in [-0.39, 0.29) is 5.91 Å². The average molecular weight is 415 g/mol. The van der Waals surface area contributed by atoms with Crippen molar-refractivity contribution in [3.05, 3.63) is 89.7 Å². The van der Waals surface area contributed by atoms with E-state index in [4.69, 9.17) is 14.5 Å². The Morgan fingerprint density at radius 2 is 1.84 bits per heavy atom. The SMILES string of the molecule is COc1cccc(C(=O)NCc2nc3ccccc3n2CCOc2ccccc2C)c1. The Balaban J connectivity index is 1.49. The average Bonchev–Trinajstić information content (AvgIpc) is 3.16. The molecule has 0 saturated heterocycles. The molecule has 0 aliphatic rings. The van der Waals surface area contributed by atoms with E-state index in [1.807, 2.05) is 61.5 Å². The summed E-state index contributed by atoms with van der Waals surface area (Å²) in [5.74, 6) is 2.13. The van der Waals surface area contributed by atoms with E-state index in [2.05, 4.69) is 9.88 Å². The van der Waals surface area contributed by atoms with Crippen molar-refractivity contribution in [2.75, 3.05) is 13.7 Å². The number of benzene rings is 3. The van der Waals surface area contributed by atoms with Crippen molar-refractivity contribution in [1.82, 2.24) is 14.9 Å². The van der Waals surface area contributed by atoms with Gasteiger partial charge in [-0.3, -0.25) is 4.79 Å². The molecule has 0 fully saturated rings. The third-order valence-corrected chi connectivity index (χ3v) is 5.14. The summed E-state index contributed by atoms with van der Waals surface area (Å²) in [6.07, 6.45) is 0. The van der Waals surface area contributed by atoms with E-state index in [0.717, 1.165) is 28.2 Å². The molecule has 0 unspecified atom stereocenters. The summed E-state index contributed by atoms with van der Waals surface area (Å²) in [5, 5.41) is 2.97. The molecule has 3 aromatic carbocycles. The van der Waals surface area contributed by atoms with Crippen LogP contribution >= 0.6 is 0 Å². The van der Waals surface area contributed by atoms with Gasteiger partial charge in [-0.05, 0) is 48.9 Å². The molecule has 0 aliphatic carbocycles. The van der Waals surface area contributed by atoms with Gasteiger partial charge in [0.15, 0.2) is 0 Å². The predicted octanol–water partition coefficient (Wildman–Crippen LogP) is 4.36. The smallest absolute Gasteiger partial charge is 0.251 e. The standard InChI is InChI=1S/C25H25N3O3/c1-18-8-3-6-13-23(18)31-15-14-28-22-12-5-4-11-21(22)27-24(28)17-26-25(29)19-9-7-10-20(16-19)30-2/h3-13,16H,14-15,17H2,1-2H3,(H,26,29). The van der Waals surface area contributed by atoms with Gasteiger partial charge in [-0.2, -0.15) is 0 Å². The first-order valence-corrected chi connectivity index (χ1v) is 10.2. The molecule has 0 radical (unpaired) electrons.